The van der Waals surface area contributed by atoms with Gasteiger partial charge in [-0.15, -0.1) is 11.3 Å². The van der Waals surface area contributed by atoms with Crippen LogP contribution in [0.5, 0.6) is 5.75 Å². The Hall–Kier alpha value is -1.81. The van der Waals surface area contributed by atoms with E-state index in [0.29, 0.717) is 19.1 Å². The smallest absolute Gasteiger partial charge is 0.223 e. The highest BCUT2D eigenvalue weighted by molar-refractivity contribution is 7.09. The third-order valence-corrected chi connectivity index (χ3v) is 4.96. The SMILES string of the molecule is CCOc1ccccc1CCC(=O)N(Cc1cccs1)C1CC1. The molecule has 1 aromatic heterocycles. The van der Waals surface area contributed by atoms with Crippen LogP contribution in [0, 0.1) is 0 Å². The number of amides is 1. The van der Waals surface area contributed by atoms with Crippen molar-refractivity contribution < 1.29 is 9.53 Å². The number of carbonyl (C=O) groups is 1. The zero-order chi connectivity index (χ0) is 16.1. The third-order valence-electron chi connectivity index (χ3n) is 4.09. The van der Waals surface area contributed by atoms with Crippen LogP contribution in [0.1, 0.15) is 36.6 Å². The van der Waals surface area contributed by atoms with Crippen LogP contribution < -0.4 is 4.74 Å². The molecular weight excluding hydrogens is 306 g/mol. The molecule has 0 spiro atoms. The van der Waals surface area contributed by atoms with E-state index in [0.717, 1.165) is 37.1 Å². The molecule has 3 rings (SSSR count). The number of benzene rings is 1. The second-order valence-corrected chi connectivity index (χ2v) is 6.91. The van der Waals surface area contributed by atoms with Crippen LogP contribution in [-0.4, -0.2) is 23.5 Å². The molecule has 122 valence electrons. The van der Waals surface area contributed by atoms with Gasteiger partial charge in [0.15, 0.2) is 0 Å². The second-order valence-electron chi connectivity index (χ2n) is 5.87. The predicted molar refractivity (Wildman–Crippen MR) is 93.8 cm³/mol. The van der Waals surface area contributed by atoms with Crippen LogP contribution in [0.4, 0.5) is 0 Å². The van der Waals surface area contributed by atoms with Crippen LogP contribution in [0.2, 0.25) is 0 Å². The van der Waals surface area contributed by atoms with Crippen molar-refractivity contribution in [3.63, 3.8) is 0 Å². The van der Waals surface area contributed by atoms with Crippen molar-refractivity contribution in [1.29, 1.82) is 0 Å². The van der Waals surface area contributed by atoms with Crippen LogP contribution in [0.25, 0.3) is 0 Å². The Morgan fingerprint density at radius 2 is 2.09 bits per heavy atom. The molecule has 2 aromatic rings. The molecule has 0 saturated heterocycles. The van der Waals surface area contributed by atoms with Crippen molar-refractivity contribution in [3.05, 3.63) is 52.2 Å². The number of rotatable bonds is 8. The summed E-state index contributed by atoms with van der Waals surface area (Å²) >= 11 is 1.72. The lowest BCUT2D eigenvalue weighted by molar-refractivity contribution is -0.132. The molecule has 4 heteroatoms. The van der Waals surface area contributed by atoms with E-state index in [-0.39, 0.29) is 5.91 Å². The summed E-state index contributed by atoms with van der Waals surface area (Å²) in [5, 5.41) is 2.07. The van der Waals surface area contributed by atoms with Gasteiger partial charge in [0.1, 0.15) is 5.75 Å². The van der Waals surface area contributed by atoms with Crippen molar-refractivity contribution in [2.45, 2.75) is 45.2 Å². The van der Waals surface area contributed by atoms with E-state index in [2.05, 4.69) is 22.4 Å². The van der Waals surface area contributed by atoms with E-state index < -0.39 is 0 Å². The number of hydrogen-bond acceptors (Lipinski definition) is 3. The molecule has 0 atom stereocenters. The average molecular weight is 329 g/mol. The van der Waals surface area contributed by atoms with Gasteiger partial charge >= 0.3 is 0 Å². The zero-order valence-corrected chi connectivity index (χ0v) is 14.3. The first kappa shape index (κ1) is 16.1. The number of carbonyl (C=O) groups excluding carboxylic acids is 1. The Balaban J connectivity index is 1.61. The van der Waals surface area contributed by atoms with Crippen molar-refractivity contribution in [2.75, 3.05) is 6.61 Å². The number of thiophene rings is 1. The normalized spacial score (nSPS) is 13.8. The summed E-state index contributed by atoms with van der Waals surface area (Å²) in [4.78, 5) is 16.0. The summed E-state index contributed by atoms with van der Waals surface area (Å²) < 4.78 is 5.65. The van der Waals surface area contributed by atoms with E-state index in [1.54, 1.807) is 11.3 Å². The van der Waals surface area contributed by atoms with E-state index >= 15 is 0 Å². The number of ether oxygens (including phenoxy) is 1. The van der Waals surface area contributed by atoms with Crippen molar-refractivity contribution >= 4 is 17.2 Å². The number of aryl methyl sites for hydroxylation is 1. The molecule has 3 nitrogen and oxygen atoms in total. The molecule has 0 radical (unpaired) electrons. The summed E-state index contributed by atoms with van der Waals surface area (Å²) in [6, 6.07) is 12.6. The summed E-state index contributed by atoms with van der Waals surface area (Å²) in [7, 11) is 0. The molecule has 0 bridgehead atoms. The highest BCUT2D eigenvalue weighted by Crippen LogP contribution is 2.30. The first-order valence-electron chi connectivity index (χ1n) is 8.30. The van der Waals surface area contributed by atoms with Gasteiger partial charge in [0, 0.05) is 17.3 Å². The van der Waals surface area contributed by atoms with Crippen LogP contribution in [0.3, 0.4) is 0 Å². The summed E-state index contributed by atoms with van der Waals surface area (Å²) in [5.41, 5.74) is 1.12. The van der Waals surface area contributed by atoms with Crippen molar-refractivity contribution in [3.8, 4) is 5.75 Å². The molecule has 0 unspecified atom stereocenters. The fraction of sp³-hybridized carbons (Fsp3) is 0.421. The zero-order valence-electron chi connectivity index (χ0n) is 13.5. The van der Waals surface area contributed by atoms with Gasteiger partial charge in [0.05, 0.1) is 13.2 Å². The minimum Gasteiger partial charge on any atom is -0.494 e. The van der Waals surface area contributed by atoms with E-state index in [1.807, 2.05) is 31.2 Å². The Bertz CT molecular complexity index is 635. The van der Waals surface area contributed by atoms with Gasteiger partial charge in [-0.25, -0.2) is 0 Å². The van der Waals surface area contributed by atoms with Crippen molar-refractivity contribution in [2.24, 2.45) is 0 Å². The maximum atomic E-state index is 12.7. The van der Waals surface area contributed by atoms with E-state index in [9.17, 15) is 4.79 Å². The van der Waals surface area contributed by atoms with Gasteiger partial charge in [-0.05, 0) is 49.3 Å². The predicted octanol–water partition coefficient (Wildman–Crippen LogP) is 4.27. The quantitative estimate of drug-likeness (QED) is 0.724. The minimum absolute atomic E-state index is 0.257. The molecule has 1 fully saturated rings. The lowest BCUT2D eigenvalue weighted by atomic mass is 10.1. The second kappa shape index (κ2) is 7.64. The topological polar surface area (TPSA) is 29.5 Å². The monoisotopic (exact) mass is 329 g/mol. The fourth-order valence-electron chi connectivity index (χ4n) is 2.77. The van der Waals surface area contributed by atoms with Gasteiger partial charge in [0.2, 0.25) is 5.91 Å². The first-order chi connectivity index (χ1) is 11.3. The molecule has 1 amide bonds. The van der Waals surface area contributed by atoms with Gasteiger partial charge in [0.25, 0.3) is 0 Å². The molecule has 0 N–H and O–H groups in total. The van der Waals surface area contributed by atoms with Gasteiger partial charge < -0.3 is 9.64 Å². The Labute approximate surface area is 141 Å². The lowest BCUT2D eigenvalue weighted by Gasteiger charge is -2.22. The minimum atomic E-state index is 0.257. The molecule has 0 aliphatic heterocycles. The molecule has 1 heterocycles. The third kappa shape index (κ3) is 4.35. The van der Waals surface area contributed by atoms with E-state index in [4.69, 9.17) is 4.74 Å². The highest BCUT2D eigenvalue weighted by Gasteiger charge is 2.32. The Kier molecular flexibility index (Phi) is 5.34. The molecule has 1 aliphatic carbocycles. The first-order valence-corrected chi connectivity index (χ1v) is 9.18. The van der Waals surface area contributed by atoms with Gasteiger partial charge in [-0.3, -0.25) is 4.79 Å². The van der Waals surface area contributed by atoms with Gasteiger partial charge in [-0.2, -0.15) is 0 Å². The Morgan fingerprint density at radius 3 is 2.78 bits per heavy atom. The highest BCUT2D eigenvalue weighted by atomic mass is 32.1. The largest absolute Gasteiger partial charge is 0.494 e. The summed E-state index contributed by atoms with van der Waals surface area (Å²) in [6.07, 6.45) is 3.58. The maximum absolute atomic E-state index is 12.7. The summed E-state index contributed by atoms with van der Waals surface area (Å²) in [6.45, 7) is 3.39. The van der Waals surface area contributed by atoms with Crippen LogP contribution in [0.15, 0.2) is 41.8 Å². The number of hydrogen-bond donors (Lipinski definition) is 0. The maximum Gasteiger partial charge on any atom is 0.223 e. The van der Waals surface area contributed by atoms with Crippen LogP contribution in [-0.2, 0) is 17.8 Å². The molecule has 1 saturated carbocycles. The fourth-order valence-corrected chi connectivity index (χ4v) is 3.47. The summed E-state index contributed by atoms with van der Waals surface area (Å²) in [5.74, 6) is 1.16. The Morgan fingerprint density at radius 1 is 1.26 bits per heavy atom. The van der Waals surface area contributed by atoms with Crippen LogP contribution >= 0.6 is 11.3 Å². The number of para-hydroxylation sites is 1. The van der Waals surface area contributed by atoms with E-state index in [1.165, 1.54) is 4.88 Å². The molecular formula is C19H23NO2S. The lowest BCUT2D eigenvalue weighted by Crippen LogP contribution is -2.32. The van der Waals surface area contributed by atoms with Gasteiger partial charge in [-0.1, -0.05) is 24.3 Å². The van der Waals surface area contributed by atoms with Crippen molar-refractivity contribution in [1.82, 2.24) is 4.90 Å². The molecule has 1 aromatic carbocycles. The standard InChI is InChI=1S/C19H23NO2S/c1-2-22-18-8-4-3-6-15(18)9-12-19(21)20(16-10-11-16)14-17-7-5-13-23-17/h3-8,13,16H,2,9-12,14H2,1H3. The number of nitrogens with zero attached hydrogens (tertiary/aromatic N) is 1. The molecule has 1 aliphatic rings. The molecule has 23 heavy (non-hydrogen) atoms. The average Bonchev–Trinajstić information content (AvgIpc) is 3.28.